The Labute approximate surface area is 168 Å². The van der Waals surface area contributed by atoms with E-state index in [-0.39, 0.29) is 7.92 Å². The van der Waals surface area contributed by atoms with Gasteiger partial charge >= 0.3 is 0 Å². The maximum absolute atomic E-state index is 2.47. The quantitative estimate of drug-likeness (QED) is 0.323. The highest BCUT2D eigenvalue weighted by molar-refractivity contribution is 7.73. The lowest BCUT2D eigenvalue weighted by molar-refractivity contribution is -0.632. The molecule has 4 aromatic rings. The van der Waals surface area contributed by atoms with Crippen LogP contribution in [0.1, 0.15) is 25.0 Å². The van der Waals surface area contributed by atoms with Crippen LogP contribution in [-0.4, -0.2) is 6.66 Å². The van der Waals surface area contributed by atoms with Crippen molar-refractivity contribution in [1.29, 1.82) is 0 Å². The van der Waals surface area contributed by atoms with E-state index in [1.54, 1.807) is 16.2 Å². The molecule has 1 atom stereocenters. The number of fused-ring (bicyclic) bond motifs is 3. The largest absolute Gasteiger partial charge is 0.222 e. The van der Waals surface area contributed by atoms with Crippen molar-refractivity contribution in [2.45, 2.75) is 27.2 Å². The molecule has 1 nitrogen and oxygen atoms in total. The molecule has 1 aromatic heterocycles. The highest BCUT2D eigenvalue weighted by atomic mass is 31.1. The number of benzene rings is 3. The van der Waals surface area contributed by atoms with Gasteiger partial charge < -0.3 is 0 Å². The van der Waals surface area contributed by atoms with Crippen molar-refractivity contribution in [3.05, 3.63) is 65.7 Å². The number of para-hydroxylation sites is 1. The molecule has 1 aliphatic rings. The van der Waals surface area contributed by atoms with Crippen LogP contribution in [0.5, 0.6) is 0 Å². The van der Waals surface area contributed by atoms with Gasteiger partial charge in [0.15, 0.2) is 0 Å². The fourth-order valence-electron chi connectivity index (χ4n) is 5.00. The number of aryl methyl sites for hydroxylation is 2. The Bertz CT molecular complexity index is 1250. The van der Waals surface area contributed by atoms with E-state index < -0.39 is 0 Å². The van der Waals surface area contributed by atoms with Crippen molar-refractivity contribution in [2.24, 2.45) is 13.0 Å². The molecule has 1 unspecified atom stereocenters. The average molecular weight is 384 g/mol. The molecule has 2 heteroatoms. The second-order valence-corrected chi connectivity index (χ2v) is 10.6. The first-order chi connectivity index (χ1) is 13.5. The molecule has 0 amide bonds. The van der Waals surface area contributed by atoms with E-state index in [4.69, 9.17) is 0 Å². The molecular weight excluding hydrogens is 357 g/mol. The van der Waals surface area contributed by atoms with Gasteiger partial charge in [-0.2, -0.15) is 4.57 Å². The summed E-state index contributed by atoms with van der Waals surface area (Å²) in [5.41, 5.74) is 7.19. The minimum absolute atomic E-state index is 0.387. The van der Waals surface area contributed by atoms with Crippen LogP contribution in [0.2, 0.25) is 0 Å². The van der Waals surface area contributed by atoms with E-state index in [1.165, 1.54) is 38.5 Å². The molecule has 0 radical (unpaired) electrons. The summed E-state index contributed by atoms with van der Waals surface area (Å²) in [7, 11) is 1.87. The van der Waals surface area contributed by atoms with Gasteiger partial charge in [-0.1, -0.05) is 56.3 Å². The topological polar surface area (TPSA) is 3.88 Å². The summed E-state index contributed by atoms with van der Waals surface area (Å²) in [5.74, 6) is 0.637. The SMILES string of the molecule is Cc1ccc2cccc3c2c1-c1c(c(CC(C)C)c2ccccc2[n+]1C)P3C. The lowest BCUT2D eigenvalue weighted by Gasteiger charge is -2.29. The number of hydrogen-bond acceptors (Lipinski definition) is 0. The predicted molar refractivity (Wildman–Crippen MR) is 123 cm³/mol. The van der Waals surface area contributed by atoms with E-state index in [0.717, 1.165) is 6.42 Å². The minimum atomic E-state index is -0.387. The number of hydrogen-bond donors (Lipinski definition) is 0. The molecule has 2 heterocycles. The van der Waals surface area contributed by atoms with Crippen molar-refractivity contribution in [3.8, 4) is 11.3 Å². The molecule has 0 saturated heterocycles. The van der Waals surface area contributed by atoms with Crippen LogP contribution in [0.4, 0.5) is 0 Å². The monoisotopic (exact) mass is 384 g/mol. The van der Waals surface area contributed by atoms with Crippen molar-refractivity contribution in [3.63, 3.8) is 0 Å². The van der Waals surface area contributed by atoms with Gasteiger partial charge in [0.1, 0.15) is 7.05 Å². The third-order valence-corrected chi connectivity index (χ3v) is 8.46. The van der Waals surface area contributed by atoms with Gasteiger partial charge in [-0.15, -0.1) is 0 Å². The van der Waals surface area contributed by atoms with Crippen molar-refractivity contribution >= 4 is 40.2 Å². The molecule has 0 bridgehead atoms. The van der Waals surface area contributed by atoms with Gasteiger partial charge in [-0.05, 0) is 61.7 Å². The summed E-state index contributed by atoms with van der Waals surface area (Å²) in [5, 5.41) is 7.41. The normalized spacial score (nSPS) is 15.4. The summed E-state index contributed by atoms with van der Waals surface area (Å²) in [4.78, 5) is 0. The van der Waals surface area contributed by atoms with Crippen LogP contribution < -0.4 is 15.2 Å². The fraction of sp³-hybridized carbons (Fsp3) is 0.269. The Morgan fingerprint density at radius 2 is 1.75 bits per heavy atom. The first-order valence-corrected chi connectivity index (χ1v) is 12.0. The summed E-state index contributed by atoms with van der Waals surface area (Å²) in [6, 6.07) is 20.4. The zero-order valence-electron chi connectivity index (χ0n) is 17.4. The van der Waals surface area contributed by atoms with Gasteiger partial charge in [-0.3, -0.25) is 0 Å². The molecule has 3 aromatic carbocycles. The van der Waals surface area contributed by atoms with Crippen LogP contribution in [0, 0.1) is 12.8 Å². The van der Waals surface area contributed by atoms with E-state index in [2.05, 4.69) is 93.6 Å². The molecule has 5 rings (SSSR count). The molecule has 140 valence electrons. The van der Waals surface area contributed by atoms with Crippen molar-refractivity contribution in [1.82, 2.24) is 0 Å². The van der Waals surface area contributed by atoms with Crippen LogP contribution in [0.15, 0.2) is 54.6 Å². The third-order valence-electron chi connectivity index (χ3n) is 6.21. The molecule has 0 fully saturated rings. The van der Waals surface area contributed by atoms with E-state index in [9.17, 15) is 0 Å². The Hall–Kier alpha value is -2.24. The highest BCUT2D eigenvalue weighted by Gasteiger charge is 2.35. The Morgan fingerprint density at radius 3 is 2.54 bits per heavy atom. The lowest BCUT2D eigenvalue weighted by Crippen LogP contribution is -2.41. The summed E-state index contributed by atoms with van der Waals surface area (Å²) in [6.45, 7) is 9.42. The fourth-order valence-corrected chi connectivity index (χ4v) is 7.33. The maximum Gasteiger partial charge on any atom is 0.222 e. The molecule has 28 heavy (non-hydrogen) atoms. The summed E-state index contributed by atoms with van der Waals surface area (Å²) < 4.78 is 2.46. The Morgan fingerprint density at radius 1 is 0.964 bits per heavy atom. The first-order valence-electron chi connectivity index (χ1n) is 10.2. The molecule has 0 spiro atoms. The minimum Gasteiger partial charge on any atom is -0.193 e. The van der Waals surface area contributed by atoms with Gasteiger partial charge in [-0.25, -0.2) is 0 Å². The van der Waals surface area contributed by atoms with Crippen LogP contribution in [-0.2, 0) is 13.5 Å². The summed E-state index contributed by atoms with van der Waals surface area (Å²) in [6.07, 6.45) is 1.13. The van der Waals surface area contributed by atoms with E-state index >= 15 is 0 Å². The van der Waals surface area contributed by atoms with Gasteiger partial charge in [0.2, 0.25) is 11.2 Å². The zero-order chi connectivity index (χ0) is 19.6. The van der Waals surface area contributed by atoms with Crippen molar-refractivity contribution < 1.29 is 4.57 Å². The smallest absolute Gasteiger partial charge is 0.193 e. The maximum atomic E-state index is 2.47. The second-order valence-electron chi connectivity index (χ2n) is 8.54. The number of aromatic nitrogens is 1. The van der Waals surface area contributed by atoms with Crippen LogP contribution in [0.3, 0.4) is 0 Å². The third kappa shape index (κ3) is 2.39. The molecule has 0 saturated carbocycles. The standard InChI is InChI=1S/C26H27NP/c1-16(2)15-20-19-10-6-7-11-21(19)27(4)25-23-17(3)13-14-18-9-8-12-22(24(18)23)28(5)26(20)25/h6-14,16H,15H2,1-5H3/q+1. The molecule has 1 aliphatic heterocycles. The van der Waals surface area contributed by atoms with Gasteiger partial charge in [0.05, 0.1) is 16.3 Å². The molecule has 0 N–H and O–H groups in total. The average Bonchev–Trinajstić information content (AvgIpc) is 2.69. The predicted octanol–water partition coefficient (Wildman–Crippen LogP) is 5.37. The van der Waals surface area contributed by atoms with E-state index in [0.29, 0.717) is 5.92 Å². The zero-order valence-corrected chi connectivity index (χ0v) is 18.3. The van der Waals surface area contributed by atoms with Gasteiger partial charge in [0.25, 0.3) is 0 Å². The van der Waals surface area contributed by atoms with Crippen LogP contribution >= 0.6 is 7.92 Å². The molecule has 0 aliphatic carbocycles. The molecular formula is C26H27NP+. The van der Waals surface area contributed by atoms with E-state index in [1.807, 2.05) is 0 Å². The number of nitrogens with zero attached hydrogens (tertiary/aromatic N) is 1. The lowest BCUT2D eigenvalue weighted by atomic mass is 9.92. The number of rotatable bonds is 2. The highest BCUT2D eigenvalue weighted by Crippen LogP contribution is 2.46. The Balaban J connectivity index is 2.04. The Kier molecular flexibility index (Phi) is 4.07. The van der Waals surface area contributed by atoms with Gasteiger partial charge in [0, 0.05) is 11.5 Å². The summed E-state index contributed by atoms with van der Waals surface area (Å²) >= 11 is 0. The van der Waals surface area contributed by atoms with Crippen molar-refractivity contribution in [2.75, 3.05) is 6.66 Å². The first kappa shape index (κ1) is 17.8. The number of pyridine rings is 1. The second kappa shape index (κ2) is 6.39. The van der Waals surface area contributed by atoms with Crippen LogP contribution in [0.25, 0.3) is 32.9 Å².